The van der Waals surface area contributed by atoms with Gasteiger partial charge in [0.2, 0.25) is 0 Å². The van der Waals surface area contributed by atoms with Gasteiger partial charge in [0.15, 0.2) is 0 Å². The van der Waals surface area contributed by atoms with Crippen LogP contribution in [0.1, 0.15) is 58.8 Å². The number of hydrogen-bond acceptors (Lipinski definition) is 3. The van der Waals surface area contributed by atoms with Crippen LogP contribution in [0.3, 0.4) is 0 Å². The fraction of sp³-hybridized carbons (Fsp3) is 1.00. The molecule has 0 unspecified atom stereocenters. The Labute approximate surface area is 113 Å². The molecule has 0 spiro atoms. The summed E-state index contributed by atoms with van der Waals surface area (Å²) in [4.78, 5) is 2.26. The van der Waals surface area contributed by atoms with Gasteiger partial charge in [-0.1, -0.05) is 32.1 Å². The largest absolute Gasteiger partial charge is 0.394 e. The van der Waals surface area contributed by atoms with E-state index in [0.717, 1.165) is 12.3 Å². The number of thiol groups is 1. The number of rotatable bonds is 11. The summed E-state index contributed by atoms with van der Waals surface area (Å²) in [6.45, 7) is 5.49. The van der Waals surface area contributed by atoms with Crippen molar-refractivity contribution in [3.8, 4) is 0 Å². The fourth-order valence-electron chi connectivity index (χ4n) is 1.77. The number of unbranched alkanes of at least 4 members (excludes halogenated alkanes) is 6. The second-order valence-electron chi connectivity index (χ2n) is 5.59. The Hall–Kier alpha value is 0.270. The van der Waals surface area contributed by atoms with Crippen molar-refractivity contribution >= 4 is 12.6 Å². The minimum atomic E-state index is -0.0768. The molecule has 3 heteroatoms. The maximum absolute atomic E-state index is 9.24. The van der Waals surface area contributed by atoms with Gasteiger partial charge in [-0.15, -0.1) is 0 Å². The normalized spacial score (nSPS) is 12.4. The van der Waals surface area contributed by atoms with E-state index in [4.69, 9.17) is 0 Å². The van der Waals surface area contributed by atoms with Gasteiger partial charge in [-0.3, -0.25) is 4.90 Å². The molecule has 1 N–H and O–H groups in total. The van der Waals surface area contributed by atoms with E-state index in [-0.39, 0.29) is 12.1 Å². The molecule has 0 radical (unpaired) electrons. The molecular formula is C14H31NOS. The van der Waals surface area contributed by atoms with Crippen molar-refractivity contribution in [3.63, 3.8) is 0 Å². The fourth-order valence-corrected chi connectivity index (χ4v) is 1.99. The highest BCUT2D eigenvalue weighted by Gasteiger charge is 2.21. The highest BCUT2D eigenvalue weighted by atomic mass is 32.1. The van der Waals surface area contributed by atoms with Crippen LogP contribution < -0.4 is 0 Å². The first kappa shape index (κ1) is 17.3. The Morgan fingerprint density at radius 2 is 1.41 bits per heavy atom. The van der Waals surface area contributed by atoms with Gasteiger partial charge >= 0.3 is 0 Å². The SMILES string of the molecule is CN(CCCCCCCCCS)C(C)(C)CO. The molecule has 0 aromatic carbocycles. The predicted octanol–water partition coefficient (Wildman–Crippen LogP) is 3.35. The van der Waals surface area contributed by atoms with Gasteiger partial charge in [-0.25, -0.2) is 0 Å². The lowest BCUT2D eigenvalue weighted by atomic mass is 10.0. The van der Waals surface area contributed by atoms with Gasteiger partial charge < -0.3 is 5.11 Å². The molecule has 104 valence electrons. The minimum Gasteiger partial charge on any atom is -0.394 e. The first-order chi connectivity index (χ1) is 8.04. The van der Waals surface area contributed by atoms with E-state index in [1.54, 1.807) is 0 Å². The molecule has 0 aromatic rings. The van der Waals surface area contributed by atoms with Crippen molar-refractivity contribution in [1.29, 1.82) is 0 Å². The van der Waals surface area contributed by atoms with Crippen molar-refractivity contribution in [1.82, 2.24) is 4.90 Å². The van der Waals surface area contributed by atoms with E-state index in [0.29, 0.717) is 0 Å². The zero-order chi connectivity index (χ0) is 13.1. The number of aliphatic hydroxyl groups is 1. The molecule has 0 bridgehead atoms. The van der Waals surface area contributed by atoms with Crippen molar-refractivity contribution in [3.05, 3.63) is 0 Å². The van der Waals surface area contributed by atoms with E-state index in [9.17, 15) is 5.11 Å². The zero-order valence-corrected chi connectivity index (χ0v) is 12.8. The summed E-state index contributed by atoms with van der Waals surface area (Å²) >= 11 is 4.21. The maximum atomic E-state index is 9.24. The number of likely N-dealkylation sites (N-methyl/N-ethyl adjacent to an activating group) is 1. The topological polar surface area (TPSA) is 23.5 Å². The summed E-state index contributed by atoms with van der Waals surface area (Å²) in [5.41, 5.74) is -0.0768. The first-order valence-corrected chi connectivity index (χ1v) is 7.61. The highest BCUT2D eigenvalue weighted by Crippen LogP contribution is 2.13. The Balaban J connectivity index is 3.34. The Kier molecular flexibility index (Phi) is 10.4. The molecule has 0 aromatic heterocycles. The van der Waals surface area contributed by atoms with Crippen molar-refractivity contribution < 1.29 is 5.11 Å². The third-order valence-corrected chi connectivity index (χ3v) is 3.89. The summed E-state index contributed by atoms with van der Waals surface area (Å²) in [5, 5.41) is 9.24. The van der Waals surface area contributed by atoms with Crippen molar-refractivity contribution in [2.24, 2.45) is 0 Å². The molecule has 0 fully saturated rings. The molecule has 0 heterocycles. The number of aliphatic hydroxyl groups excluding tert-OH is 1. The van der Waals surface area contributed by atoms with Gasteiger partial charge in [-0.2, -0.15) is 12.6 Å². The average Bonchev–Trinajstić information content (AvgIpc) is 2.32. The monoisotopic (exact) mass is 261 g/mol. The van der Waals surface area contributed by atoms with Gasteiger partial charge in [0.1, 0.15) is 0 Å². The van der Waals surface area contributed by atoms with Gasteiger partial charge in [0.25, 0.3) is 0 Å². The average molecular weight is 261 g/mol. The van der Waals surface area contributed by atoms with Crippen LogP contribution in [0.2, 0.25) is 0 Å². The quantitative estimate of drug-likeness (QED) is 0.440. The predicted molar refractivity (Wildman–Crippen MR) is 80.0 cm³/mol. The lowest BCUT2D eigenvalue weighted by Crippen LogP contribution is -2.44. The second-order valence-corrected chi connectivity index (χ2v) is 6.04. The van der Waals surface area contributed by atoms with Crippen LogP contribution in [0, 0.1) is 0 Å². The molecule has 0 aliphatic rings. The van der Waals surface area contributed by atoms with E-state index in [1.165, 1.54) is 44.9 Å². The van der Waals surface area contributed by atoms with Gasteiger partial charge in [-0.05, 0) is 46.0 Å². The molecule has 0 rings (SSSR count). The van der Waals surface area contributed by atoms with E-state index < -0.39 is 0 Å². The lowest BCUT2D eigenvalue weighted by molar-refractivity contribution is 0.0776. The van der Waals surface area contributed by atoms with Crippen LogP contribution in [0.5, 0.6) is 0 Å². The molecule has 17 heavy (non-hydrogen) atoms. The van der Waals surface area contributed by atoms with Crippen LogP contribution in [-0.2, 0) is 0 Å². The summed E-state index contributed by atoms with van der Waals surface area (Å²) in [7, 11) is 2.10. The van der Waals surface area contributed by atoms with Crippen LogP contribution in [0.4, 0.5) is 0 Å². The third kappa shape index (κ3) is 8.92. The van der Waals surface area contributed by atoms with Crippen LogP contribution in [0.15, 0.2) is 0 Å². The zero-order valence-electron chi connectivity index (χ0n) is 11.9. The smallest absolute Gasteiger partial charge is 0.0609 e. The van der Waals surface area contributed by atoms with Crippen LogP contribution in [0.25, 0.3) is 0 Å². The minimum absolute atomic E-state index is 0.0768. The molecular weight excluding hydrogens is 230 g/mol. The molecule has 0 saturated heterocycles. The lowest BCUT2D eigenvalue weighted by Gasteiger charge is -2.33. The highest BCUT2D eigenvalue weighted by molar-refractivity contribution is 7.80. The molecule has 0 saturated carbocycles. The third-order valence-electron chi connectivity index (χ3n) is 3.57. The van der Waals surface area contributed by atoms with E-state index in [1.807, 2.05) is 0 Å². The van der Waals surface area contributed by atoms with E-state index in [2.05, 4.69) is 38.4 Å². The Morgan fingerprint density at radius 3 is 1.88 bits per heavy atom. The molecule has 0 aliphatic carbocycles. The maximum Gasteiger partial charge on any atom is 0.0609 e. The summed E-state index contributed by atoms with van der Waals surface area (Å²) in [5.74, 6) is 1.03. The van der Waals surface area contributed by atoms with Gasteiger partial charge in [0.05, 0.1) is 6.61 Å². The molecule has 0 aliphatic heterocycles. The summed E-state index contributed by atoms with van der Waals surface area (Å²) < 4.78 is 0. The first-order valence-electron chi connectivity index (χ1n) is 6.97. The Morgan fingerprint density at radius 1 is 0.941 bits per heavy atom. The Bertz CT molecular complexity index is 174. The summed E-state index contributed by atoms with van der Waals surface area (Å²) in [6.07, 6.45) is 9.22. The van der Waals surface area contributed by atoms with Gasteiger partial charge in [0, 0.05) is 5.54 Å². The van der Waals surface area contributed by atoms with Crippen molar-refractivity contribution in [2.45, 2.75) is 64.3 Å². The standard InChI is InChI=1S/C14H31NOS/c1-14(2,13-16)15(3)11-9-7-5-4-6-8-10-12-17/h16-17H,4-13H2,1-3H3. The molecule has 0 atom stereocenters. The van der Waals surface area contributed by atoms with Crippen molar-refractivity contribution in [2.75, 3.05) is 26.0 Å². The number of hydrogen-bond donors (Lipinski definition) is 2. The molecule has 2 nitrogen and oxygen atoms in total. The van der Waals surface area contributed by atoms with Crippen LogP contribution >= 0.6 is 12.6 Å². The van der Waals surface area contributed by atoms with Crippen LogP contribution in [-0.4, -0.2) is 41.5 Å². The molecule has 0 amide bonds. The number of nitrogens with zero attached hydrogens (tertiary/aromatic N) is 1. The summed E-state index contributed by atoms with van der Waals surface area (Å²) in [6, 6.07) is 0. The second kappa shape index (κ2) is 10.2. The van der Waals surface area contributed by atoms with E-state index >= 15 is 0 Å².